The lowest BCUT2D eigenvalue weighted by atomic mass is 10.3. The second-order valence-corrected chi connectivity index (χ2v) is 3.90. The van der Waals surface area contributed by atoms with Crippen LogP contribution in [-0.4, -0.2) is 12.1 Å². The second-order valence-electron chi connectivity index (χ2n) is 3.18. The Hall–Kier alpha value is -1.62. The lowest BCUT2D eigenvalue weighted by Crippen LogP contribution is -2.00. The van der Waals surface area contributed by atoms with Gasteiger partial charge in [-0.3, -0.25) is 0 Å². The van der Waals surface area contributed by atoms with Crippen molar-refractivity contribution in [1.82, 2.24) is 4.98 Å². The van der Waals surface area contributed by atoms with Crippen LogP contribution in [0.2, 0.25) is 0 Å². The van der Waals surface area contributed by atoms with E-state index < -0.39 is 0 Å². The molecule has 0 atom stereocenters. The van der Waals surface area contributed by atoms with E-state index in [-0.39, 0.29) is 11.6 Å². The molecule has 2 aromatic rings. The van der Waals surface area contributed by atoms with Gasteiger partial charge in [-0.2, -0.15) is 0 Å². The molecule has 0 bridgehead atoms. The minimum Gasteiger partial charge on any atom is -0.494 e. The molecule has 16 heavy (non-hydrogen) atoms. The molecule has 0 radical (unpaired) electrons. The summed E-state index contributed by atoms with van der Waals surface area (Å²) in [5, 5.41) is 5.04. The Morgan fingerprint density at radius 1 is 1.50 bits per heavy atom. The van der Waals surface area contributed by atoms with Gasteiger partial charge in [0.25, 0.3) is 0 Å². The molecule has 0 aliphatic rings. The number of anilines is 1. The molecule has 0 amide bonds. The quantitative estimate of drug-likeness (QED) is 0.889. The van der Waals surface area contributed by atoms with Crippen LogP contribution in [0.15, 0.2) is 29.1 Å². The molecule has 1 N–H and O–H groups in total. The monoisotopic (exact) mass is 238 g/mol. The van der Waals surface area contributed by atoms with Crippen LogP contribution in [0.3, 0.4) is 0 Å². The average molecular weight is 238 g/mol. The Balaban J connectivity index is 2.02. The predicted molar refractivity (Wildman–Crippen MR) is 62.4 cm³/mol. The molecule has 3 nitrogen and oxygen atoms in total. The molecule has 0 spiro atoms. The van der Waals surface area contributed by atoms with Gasteiger partial charge in [-0.15, -0.1) is 11.3 Å². The van der Waals surface area contributed by atoms with E-state index in [0.717, 1.165) is 5.69 Å². The number of hydrogen-bond donors (Lipinski definition) is 1. The van der Waals surface area contributed by atoms with E-state index in [0.29, 0.717) is 12.2 Å². The van der Waals surface area contributed by atoms with E-state index in [1.165, 1.54) is 24.5 Å². The third-order valence-electron chi connectivity index (χ3n) is 2.11. The molecule has 5 heteroatoms. The average Bonchev–Trinajstić information content (AvgIpc) is 2.79. The van der Waals surface area contributed by atoms with Crippen LogP contribution in [0.4, 0.5) is 10.1 Å². The highest BCUT2D eigenvalue weighted by atomic mass is 32.1. The molecule has 1 heterocycles. The zero-order valence-electron chi connectivity index (χ0n) is 8.74. The van der Waals surface area contributed by atoms with Crippen LogP contribution < -0.4 is 10.1 Å². The highest BCUT2D eigenvalue weighted by Gasteiger charge is 2.03. The first-order valence-electron chi connectivity index (χ1n) is 4.74. The van der Waals surface area contributed by atoms with E-state index >= 15 is 0 Å². The Kier molecular flexibility index (Phi) is 3.36. The first-order chi connectivity index (χ1) is 7.79. The Labute approximate surface area is 96.9 Å². The SMILES string of the molecule is COc1ccc(NCc2cscn2)cc1F. The summed E-state index contributed by atoms with van der Waals surface area (Å²) in [5.41, 5.74) is 3.43. The third-order valence-corrected chi connectivity index (χ3v) is 2.74. The van der Waals surface area contributed by atoms with Gasteiger partial charge >= 0.3 is 0 Å². The van der Waals surface area contributed by atoms with Crippen LogP contribution in [0, 0.1) is 5.82 Å². The number of halogens is 1. The molecule has 0 aliphatic carbocycles. The van der Waals surface area contributed by atoms with E-state index in [4.69, 9.17) is 4.74 Å². The van der Waals surface area contributed by atoms with Crippen LogP contribution in [0.1, 0.15) is 5.69 Å². The molecule has 0 saturated heterocycles. The third kappa shape index (κ3) is 2.49. The highest BCUT2D eigenvalue weighted by Crippen LogP contribution is 2.20. The summed E-state index contributed by atoms with van der Waals surface area (Å²) < 4.78 is 18.2. The number of hydrogen-bond acceptors (Lipinski definition) is 4. The number of rotatable bonds is 4. The number of benzene rings is 1. The van der Waals surface area contributed by atoms with E-state index in [9.17, 15) is 4.39 Å². The molecule has 1 aromatic carbocycles. The van der Waals surface area contributed by atoms with E-state index in [1.807, 2.05) is 5.38 Å². The zero-order valence-corrected chi connectivity index (χ0v) is 9.55. The summed E-state index contributed by atoms with van der Waals surface area (Å²) >= 11 is 1.54. The molecule has 2 rings (SSSR count). The van der Waals surface area contributed by atoms with Crippen molar-refractivity contribution in [3.63, 3.8) is 0 Å². The summed E-state index contributed by atoms with van der Waals surface area (Å²) in [7, 11) is 1.45. The van der Waals surface area contributed by atoms with E-state index in [2.05, 4.69) is 10.3 Å². The van der Waals surface area contributed by atoms with Gasteiger partial charge in [0, 0.05) is 17.1 Å². The molecule has 0 saturated carbocycles. The van der Waals surface area contributed by atoms with Crippen molar-refractivity contribution in [2.45, 2.75) is 6.54 Å². The number of ether oxygens (including phenoxy) is 1. The molecule has 84 valence electrons. The maximum Gasteiger partial charge on any atom is 0.167 e. The molecule has 0 aliphatic heterocycles. The number of aromatic nitrogens is 1. The fourth-order valence-corrected chi connectivity index (χ4v) is 1.85. The highest BCUT2D eigenvalue weighted by molar-refractivity contribution is 7.07. The molecular weight excluding hydrogens is 227 g/mol. The lowest BCUT2D eigenvalue weighted by molar-refractivity contribution is 0.386. The minimum absolute atomic E-state index is 0.249. The zero-order chi connectivity index (χ0) is 11.4. The van der Waals surface area contributed by atoms with Crippen LogP contribution >= 0.6 is 11.3 Å². The number of nitrogens with zero attached hydrogens (tertiary/aromatic N) is 1. The van der Waals surface area contributed by atoms with Gasteiger partial charge in [-0.1, -0.05) is 0 Å². The molecule has 0 unspecified atom stereocenters. The number of methoxy groups -OCH3 is 1. The topological polar surface area (TPSA) is 34.1 Å². The number of nitrogens with one attached hydrogen (secondary N) is 1. The fraction of sp³-hybridized carbons (Fsp3) is 0.182. The van der Waals surface area contributed by atoms with Gasteiger partial charge in [-0.25, -0.2) is 9.37 Å². The van der Waals surface area contributed by atoms with Crippen molar-refractivity contribution < 1.29 is 9.13 Å². The van der Waals surface area contributed by atoms with Gasteiger partial charge in [0.2, 0.25) is 0 Å². The summed E-state index contributed by atoms with van der Waals surface area (Å²) in [6.07, 6.45) is 0. The largest absolute Gasteiger partial charge is 0.494 e. The van der Waals surface area contributed by atoms with Crippen molar-refractivity contribution in [3.05, 3.63) is 40.6 Å². The predicted octanol–water partition coefficient (Wildman–Crippen LogP) is 2.90. The molecule has 1 aromatic heterocycles. The first kappa shape index (κ1) is 10.9. The standard InChI is InChI=1S/C11H11FN2OS/c1-15-11-3-2-8(4-10(11)12)13-5-9-6-16-7-14-9/h2-4,6-7,13H,5H2,1H3. The van der Waals surface area contributed by atoms with Gasteiger partial charge in [-0.05, 0) is 12.1 Å². The van der Waals surface area contributed by atoms with Crippen LogP contribution in [-0.2, 0) is 6.54 Å². The Morgan fingerprint density at radius 3 is 3.00 bits per heavy atom. The van der Waals surface area contributed by atoms with Crippen molar-refractivity contribution in [3.8, 4) is 5.75 Å². The van der Waals surface area contributed by atoms with Crippen LogP contribution in [0.25, 0.3) is 0 Å². The normalized spacial score (nSPS) is 10.1. The second kappa shape index (κ2) is 4.94. The maximum atomic E-state index is 13.3. The van der Waals surface area contributed by atoms with Gasteiger partial charge < -0.3 is 10.1 Å². The Bertz CT molecular complexity index is 459. The summed E-state index contributed by atoms with van der Waals surface area (Å²) in [4.78, 5) is 4.13. The van der Waals surface area contributed by atoms with Gasteiger partial charge in [0.1, 0.15) is 0 Å². The summed E-state index contributed by atoms with van der Waals surface area (Å²) in [6.45, 7) is 0.593. The minimum atomic E-state index is -0.370. The Morgan fingerprint density at radius 2 is 2.38 bits per heavy atom. The fourth-order valence-electron chi connectivity index (χ4n) is 1.29. The first-order valence-corrected chi connectivity index (χ1v) is 5.68. The van der Waals surface area contributed by atoms with Gasteiger partial charge in [0.15, 0.2) is 11.6 Å². The number of thiazole rings is 1. The van der Waals surface area contributed by atoms with Crippen molar-refractivity contribution >= 4 is 17.0 Å². The van der Waals surface area contributed by atoms with Crippen LogP contribution in [0.5, 0.6) is 5.75 Å². The lowest BCUT2D eigenvalue weighted by Gasteiger charge is -2.06. The smallest absolute Gasteiger partial charge is 0.167 e. The van der Waals surface area contributed by atoms with Crippen molar-refractivity contribution in [2.75, 3.05) is 12.4 Å². The maximum absolute atomic E-state index is 13.3. The summed E-state index contributed by atoms with van der Waals surface area (Å²) in [5.74, 6) is -0.120. The molecular formula is C11H11FN2OS. The van der Waals surface area contributed by atoms with Crippen molar-refractivity contribution in [1.29, 1.82) is 0 Å². The molecule has 0 fully saturated rings. The van der Waals surface area contributed by atoms with Gasteiger partial charge in [0.05, 0.1) is 24.9 Å². The van der Waals surface area contributed by atoms with E-state index in [1.54, 1.807) is 17.6 Å². The van der Waals surface area contributed by atoms with Crippen molar-refractivity contribution in [2.24, 2.45) is 0 Å². The summed E-state index contributed by atoms with van der Waals surface area (Å²) in [6, 6.07) is 4.78.